The van der Waals surface area contributed by atoms with Gasteiger partial charge in [0, 0.05) is 31.3 Å². The number of fused-ring (bicyclic) bond motifs is 1. The third-order valence-corrected chi connectivity index (χ3v) is 4.57. The first-order chi connectivity index (χ1) is 10.7. The number of aromatic nitrogens is 2. The molecule has 2 aromatic rings. The number of rotatable bonds is 4. The van der Waals surface area contributed by atoms with Crippen molar-refractivity contribution in [2.45, 2.75) is 45.7 Å². The van der Waals surface area contributed by atoms with Crippen molar-refractivity contribution in [3.8, 4) is 0 Å². The average Bonchev–Trinajstić information content (AvgIpc) is 3.02. The van der Waals surface area contributed by atoms with Gasteiger partial charge in [-0.1, -0.05) is 31.2 Å². The van der Waals surface area contributed by atoms with E-state index in [1.165, 1.54) is 5.56 Å². The van der Waals surface area contributed by atoms with Gasteiger partial charge in [-0.25, -0.2) is 4.98 Å². The molecule has 1 aliphatic rings. The molecule has 4 heteroatoms. The minimum Gasteiger partial charge on any atom is -0.349 e. The maximum Gasteiger partial charge on any atom is 0.224 e. The molecule has 2 atom stereocenters. The number of nitrogens with zero attached hydrogens (tertiary/aromatic N) is 2. The van der Waals surface area contributed by atoms with Crippen molar-refractivity contribution in [1.82, 2.24) is 14.9 Å². The molecule has 3 rings (SSSR count). The van der Waals surface area contributed by atoms with Gasteiger partial charge in [-0.05, 0) is 30.9 Å². The monoisotopic (exact) mass is 297 g/mol. The van der Waals surface area contributed by atoms with E-state index in [0.717, 1.165) is 37.2 Å². The number of hydrogen-bond donors (Lipinski definition) is 1. The van der Waals surface area contributed by atoms with Gasteiger partial charge in [0.25, 0.3) is 0 Å². The molecular formula is C18H23N3O. The number of imidazole rings is 1. The van der Waals surface area contributed by atoms with Crippen molar-refractivity contribution in [3.63, 3.8) is 0 Å². The van der Waals surface area contributed by atoms with Gasteiger partial charge in [0.1, 0.15) is 5.82 Å². The second-order valence-electron chi connectivity index (χ2n) is 6.05. The van der Waals surface area contributed by atoms with Crippen LogP contribution in [0.25, 0.3) is 0 Å². The summed E-state index contributed by atoms with van der Waals surface area (Å²) in [5.41, 5.74) is 2.48. The Balaban J connectivity index is 1.61. The van der Waals surface area contributed by atoms with Gasteiger partial charge in [-0.3, -0.25) is 4.79 Å². The predicted molar refractivity (Wildman–Crippen MR) is 86.4 cm³/mol. The summed E-state index contributed by atoms with van der Waals surface area (Å²) in [6, 6.07) is 8.53. The van der Waals surface area contributed by atoms with Crippen LogP contribution in [0.1, 0.15) is 43.3 Å². The van der Waals surface area contributed by atoms with Crippen molar-refractivity contribution >= 4 is 5.91 Å². The van der Waals surface area contributed by atoms with Gasteiger partial charge in [0.2, 0.25) is 5.91 Å². The molecule has 1 aliphatic heterocycles. The van der Waals surface area contributed by atoms with Gasteiger partial charge >= 0.3 is 0 Å². The number of benzene rings is 1. The first-order valence-electron chi connectivity index (χ1n) is 8.06. The molecule has 4 nitrogen and oxygen atoms in total. The Bertz CT molecular complexity index is 645. The standard InChI is InChI=1S/C18H23N3O/c1-3-14-4-6-15(7-5-14)13(2)20-18(22)16-8-10-21-11-9-19-17(21)12-16/h4-7,9,11,13,16H,3,8,10,12H2,1-2H3,(H,20,22). The Morgan fingerprint density at radius 3 is 2.91 bits per heavy atom. The van der Waals surface area contributed by atoms with Crippen molar-refractivity contribution in [1.29, 1.82) is 0 Å². The van der Waals surface area contributed by atoms with Gasteiger partial charge in [-0.15, -0.1) is 0 Å². The quantitative estimate of drug-likeness (QED) is 0.943. The number of carbonyl (C=O) groups is 1. The van der Waals surface area contributed by atoms with Crippen LogP contribution in [0.5, 0.6) is 0 Å². The first kappa shape index (κ1) is 14.8. The fourth-order valence-electron chi connectivity index (χ4n) is 3.03. The summed E-state index contributed by atoms with van der Waals surface area (Å²) in [6.45, 7) is 5.07. The number of nitrogens with one attached hydrogen (secondary N) is 1. The van der Waals surface area contributed by atoms with E-state index >= 15 is 0 Å². The SMILES string of the molecule is CCc1ccc(C(C)NC(=O)C2CCn3ccnc3C2)cc1. The lowest BCUT2D eigenvalue weighted by atomic mass is 9.96. The number of aryl methyl sites for hydroxylation is 2. The number of hydrogen-bond acceptors (Lipinski definition) is 2. The molecule has 2 unspecified atom stereocenters. The van der Waals surface area contributed by atoms with Crippen LogP contribution in [-0.4, -0.2) is 15.5 Å². The molecule has 0 aliphatic carbocycles. The molecule has 0 fully saturated rings. The van der Waals surface area contributed by atoms with Crippen LogP contribution < -0.4 is 5.32 Å². The lowest BCUT2D eigenvalue weighted by molar-refractivity contribution is -0.126. The van der Waals surface area contributed by atoms with Crippen LogP contribution in [0.4, 0.5) is 0 Å². The highest BCUT2D eigenvalue weighted by Gasteiger charge is 2.26. The van der Waals surface area contributed by atoms with Crippen molar-refractivity contribution in [2.75, 3.05) is 0 Å². The van der Waals surface area contributed by atoms with Crippen LogP contribution in [0.2, 0.25) is 0 Å². The molecule has 1 N–H and O–H groups in total. The Hall–Kier alpha value is -2.10. The molecular weight excluding hydrogens is 274 g/mol. The highest BCUT2D eigenvalue weighted by molar-refractivity contribution is 5.79. The third-order valence-electron chi connectivity index (χ3n) is 4.57. The Kier molecular flexibility index (Phi) is 4.27. The second kappa shape index (κ2) is 6.34. The van der Waals surface area contributed by atoms with E-state index in [4.69, 9.17) is 0 Å². The Morgan fingerprint density at radius 1 is 1.41 bits per heavy atom. The van der Waals surface area contributed by atoms with E-state index in [1.54, 1.807) is 0 Å². The highest BCUT2D eigenvalue weighted by atomic mass is 16.1. The predicted octanol–water partition coefficient (Wildman–Crippen LogP) is 2.89. The molecule has 116 valence electrons. The Labute approximate surface area is 131 Å². The van der Waals surface area contributed by atoms with E-state index < -0.39 is 0 Å². The third kappa shape index (κ3) is 3.06. The molecule has 2 heterocycles. The van der Waals surface area contributed by atoms with Crippen LogP contribution >= 0.6 is 0 Å². The van der Waals surface area contributed by atoms with E-state index in [-0.39, 0.29) is 17.9 Å². The number of carbonyl (C=O) groups excluding carboxylic acids is 1. The molecule has 1 aromatic heterocycles. The summed E-state index contributed by atoms with van der Waals surface area (Å²) in [5, 5.41) is 3.15. The van der Waals surface area contributed by atoms with Gasteiger partial charge < -0.3 is 9.88 Å². The minimum absolute atomic E-state index is 0.0345. The zero-order valence-electron chi connectivity index (χ0n) is 13.2. The van der Waals surface area contributed by atoms with Crippen LogP contribution in [-0.2, 0) is 24.2 Å². The molecule has 0 bridgehead atoms. The molecule has 1 amide bonds. The van der Waals surface area contributed by atoms with Crippen molar-refractivity contribution < 1.29 is 4.79 Å². The van der Waals surface area contributed by atoms with Gasteiger partial charge in [-0.2, -0.15) is 0 Å². The second-order valence-corrected chi connectivity index (χ2v) is 6.05. The normalized spacial score (nSPS) is 18.5. The topological polar surface area (TPSA) is 46.9 Å². The zero-order chi connectivity index (χ0) is 15.5. The molecule has 0 saturated carbocycles. The fraction of sp³-hybridized carbons (Fsp3) is 0.444. The summed E-state index contributed by atoms with van der Waals surface area (Å²) < 4.78 is 2.14. The highest BCUT2D eigenvalue weighted by Crippen LogP contribution is 2.21. The van der Waals surface area contributed by atoms with E-state index in [9.17, 15) is 4.79 Å². The average molecular weight is 297 g/mol. The number of amides is 1. The smallest absolute Gasteiger partial charge is 0.224 e. The maximum atomic E-state index is 12.5. The van der Waals surface area contributed by atoms with Crippen LogP contribution in [0.15, 0.2) is 36.7 Å². The van der Waals surface area contributed by atoms with Gasteiger partial charge in [0.05, 0.1) is 6.04 Å². The summed E-state index contributed by atoms with van der Waals surface area (Å²) in [5.74, 6) is 1.19. The lowest BCUT2D eigenvalue weighted by Crippen LogP contribution is -2.36. The molecule has 0 spiro atoms. The van der Waals surface area contributed by atoms with Gasteiger partial charge in [0.15, 0.2) is 0 Å². The molecule has 0 saturated heterocycles. The van der Waals surface area contributed by atoms with Crippen LogP contribution in [0.3, 0.4) is 0 Å². The zero-order valence-corrected chi connectivity index (χ0v) is 13.2. The Morgan fingerprint density at radius 2 is 2.18 bits per heavy atom. The summed E-state index contributed by atoms with van der Waals surface area (Å²) in [6.07, 6.45) is 6.46. The summed E-state index contributed by atoms with van der Waals surface area (Å²) in [7, 11) is 0. The minimum atomic E-state index is 0.0345. The lowest BCUT2D eigenvalue weighted by Gasteiger charge is -2.24. The van der Waals surface area contributed by atoms with Crippen LogP contribution in [0, 0.1) is 5.92 Å². The largest absolute Gasteiger partial charge is 0.349 e. The first-order valence-corrected chi connectivity index (χ1v) is 8.06. The fourth-order valence-corrected chi connectivity index (χ4v) is 3.03. The summed E-state index contributed by atoms with van der Waals surface area (Å²) in [4.78, 5) is 16.8. The molecule has 0 radical (unpaired) electrons. The van der Waals surface area contributed by atoms with Crippen molar-refractivity contribution in [3.05, 3.63) is 53.6 Å². The van der Waals surface area contributed by atoms with E-state index in [1.807, 2.05) is 19.3 Å². The maximum absolute atomic E-state index is 12.5. The summed E-state index contributed by atoms with van der Waals surface area (Å²) >= 11 is 0. The van der Waals surface area contributed by atoms with E-state index in [2.05, 4.69) is 46.1 Å². The van der Waals surface area contributed by atoms with Crippen molar-refractivity contribution in [2.24, 2.45) is 5.92 Å². The molecule has 22 heavy (non-hydrogen) atoms. The molecule has 1 aromatic carbocycles. The van der Waals surface area contributed by atoms with E-state index in [0.29, 0.717) is 0 Å².